The molecule has 0 radical (unpaired) electrons. The summed E-state index contributed by atoms with van der Waals surface area (Å²) in [5, 5.41) is 4.30. The lowest BCUT2D eigenvalue weighted by Gasteiger charge is -2.38. The smallest absolute Gasteiger partial charge is 0.433 e. The standard InChI is InChI=1S/C26H33F3N4O3/c1-16-7-8-19-23(16)30-33(25(19)26(27,28)29)15-22(34)32-10-9-20(31-11-13-36-14-12-31)24(32)18-5-4-6-21(35-3)17(18)2/h4-6,16,20,24H,7-15H2,1-3H3/t16-,20-,24-/m1/s1. The number of ether oxygens (including phenoxy) is 2. The monoisotopic (exact) mass is 506 g/mol. The van der Waals surface area contributed by atoms with Crippen molar-refractivity contribution in [2.24, 2.45) is 0 Å². The fourth-order valence-corrected chi connectivity index (χ4v) is 6.20. The molecule has 3 heterocycles. The zero-order valence-corrected chi connectivity index (χ0v) is 21.0. The second kappa shape index (κ2) is 9.70. The van der Waals surface area contributed by atoms with Crippen LogP contribution < -0.4 is 4.74 Å². The van der Waals surface area contributed by atoms with Crippen LogP contribution in [0.4, 0.5) is 13.2 Å². The molecule has 1 aromatic carbocycles. The largest absolute Gasteiger partial charge is 0.496 e. The summed E-state index contributed by atoms with van der Waals surface area (Å²) in [6, 6.07) is 5.54. The van der Waals surface area contributed by atoms with E-state index in [0.29, 0.717) is 38.3 Å². The van der Waals surface area contributed by atoms with Crippen LogP contribution in [0.25, 0.3) is 0 Å². The number of alkyl halides is 3. The van der Waals surface area contributed by atoms with E-state index in [0.717, 1.165) is 41.1 Å². The van der Waals surface area contributed by atoms with E-state index in [1.165, 1.54) is 0 Å². The Morgan fingerprint density at radius 2 is 1.94 bits per heavy atom. The highest BCUT2D eigenvalue weighted by atomic mass is 19.4. The van der Waals surface area contributed by atoms with Gasteiger partial charge >= 0.3 is 6.18 Å². The first-order valence-corrected chi connectivity index (χ1v) is 12.6. The molecule has 1 aliphatic carbocycles. The van der Waals surface area contributed by atoms with Gasteiger partial charge in [-0.25, -0.2) is 0 Å². The van der Waals surface area contributed by atoms with E-state index < -0.39 is 18.4 Å². The number of morpholine rings is 1. The first-order valence-electron chi connectivity index (χ1n) is 12.6. The topological polar surface area (TPSA) is 59.8 Å². The second-order valence-electron chi connectivity index (χ2n) is 10.0. The molecular weight excluding hydrogens is 473 g/mol. The third-order valence-electron chi connectivity index (χ3n) is 7.99. The van der Waals surface area contributed by atoms with Crippen LogP contribution in [-0.4, -0.2) is 71.5 Å². The lowest BCUT2D eigenvalue weighted by Crippen LogP contribution is -2.47. The molecule has 1 aromatic heterocycles. The van der Waals surface area contributed by atoms with Crippen molar-refractivity contribution in [3.63, 3.8) is 0 Å². The predicted octanol–water partition coefficient (Wildman–Crippen LogP) is 3.94. The molecule has 2 aliphatic heterocycles. The van der Waals surface area contributed by atoms with E-state index >= 15 is 0 Å². The molecule has 0 unspecified atom stereocenters. The summed E-state index contributed by atoms with van der Waals surface area (Å²) in [7, 11) is 1.61. The van der Waals surface area contributed by atoms with E-state index in [-0.39, 0.29) is 29.5 Å². The van der Waals surface area contributed by atoms with Gasteiger partial charge in [-0.1, -0.05) is 19.1 Å². The molecule has 36 heavy (non-hydrogen) atoms. The van der Waals surface area contributed by atoms with Crippen molar-refractivity contribution in [3.8, 4) is 5.75 Å². The van der Waals surface area contributed by atoms with Crippen LogP contribution in [-0.2, 0) is 28.7 Å². The summed E-state index contributed by atoms with van der Waals surface area (Å²) in [4.78, 5) is 17.8. The molecule has 2 aromatic rings. The third kappa shape index (κ3) is 4.38. The molecular formula is C26H33F3N4O3. The van der Waals surface area contributed by atoms with Crippen LogP contribution in [0.15, 0.2) is 18.2 Å². The maximum Gasteiger partial charge on any atom is 0.433 e. The lowest BCUT2D eigenvalue weighted by atomic mass is 9.94. The van der Waals surface area contributed by atoms with E-state index in [9.17, 15) is 18.0 Å². The highest BCUT2D eigenvalue weighted by Gasteiger charge is 2.45. The minimum atomic E-state index is -4.56. The molecule has 5 rings (SSSR count). The predicted molar refractivity (Wildman–Crippen MR) is 127 cm³/mol. The summed E-state index contributed by atoms with van der Waals surface area (Å²) in [5.41, 5.74) is 1.85. The first-order chi connectivity index (χ1) is 17.2. The van der Waals surface area contributed by atoms with Gasteiger partial charge < -0.3 is 14.4 Å². The number of hydrogen-bond donors (Lipinski definition) is 0. The van der Waals surface area contributed by atoms with Gasteiger partial charge in [-0.05, 0) is 43.4 Å². The molecule has 2 fully saturated rings. The van der Waals surface area contributed by atoms with Gasteiger partial charge in [-0.15, -0.1) is 0 Å². The van der Waals surface area contributed by atoms with Crippen LogP contribution in [0.5, 0.6) is 5.75 Å². The van der Waals surface area contributed by atoms with Crippen molar-refractivity contribution < 1.29 is 27.4 Å². The van der Waals surface area contributed by atoms with Crippen molar-refractivity contribution in [2.45, 2.75) is 63.8 Å². The Hall–Kier alpha value is -2.59. The van der Waals surface area contributed by atoms with Crippen molar-refractivity contribution in [1.82, 2.24) is 19.6 Å². The van der Waals surface area contributed by atoms with Crippen LogP contribution in [0.2, 0.25) is 0 Å². The Morgan fingerprint density at radius 3 is 2.64 bits per heavy atom. The Bertz CT molecular complexity index is 1130. The average molecular weight is 507 g/mol. The zero-order valence-electron chi connectivity index (χ0n) is 21.0. The number of fused-ring (bicyclic) bond motifs is 1. The summed E-state index contributed by atoms with van der Waals surface area (Å²) in [6.07, 6.45) is -2.82. The molecule has 0 saturated carbocycles. The van der Waals surface area contributed by atoms with Gasteiger partial charge in [-0.2, -0.15) is 18.3 Å². The van der Waals surface area contributed by atoms with Gasteiger partial charge in [0.2, 0.25) is 5.91 Å². The number of carbonyl (C=O) groups excluding carboxylic acids is 1. The molecule has 1 amide bonds. The third-order valence-corrected chi connectivity index (χ3v) is 7.99. The number of nitrogens with zero attached hydrogens (tertiary/aromatic N) is 4. The fraction of sp³-hybridized carbons (Fsp3) is 0.615. The highest BCUT2D eigenvalue weighted by molar-refractivity contribution is 5.77. The van der Waals surface area contributed by atoms with Crippen molar-refractivity contribution in [2.75, 3.05) is 40.0 Å². The Labute approximate surface area is 209 Å². The summed E-state index contributed by atoms with van der Waals surface area (Å²) < 4.78 is 54.1. The Kier molecular flexibility index (Phi) is 6.76. The molecule has 10 heteroatoms. The number of halogens is 3. The number of amides is 1. The lowest BCUT2D eigenvalue weighted by molar-refractivity contribution is -0.146. The van der Waals surface area contributed by atoms with Crippen LogP contribution >= 0.6 is 0 Å². The fourth-order valence-electron chi connectivity index (χ4n) is 6.20. The van der Waals surface area contributed by atoms with Crippen LogP contribution in [0, 0.1) is 6.92 Å². The normalized spacial score (nSPS) is 24.8. The number of hydrogen-bond acceptors (Lipinski definition) is 5. The number of carbonyl (C=O) groups is 1. The number of rotatable bonds is 5. The quantitative estimate of drug-likeness (QED) is 0.615. The highest BCUT2D eigenvalue weighted by Crippen LogP contribution is 2.42. The van der Waals surface area contributed by atoms with Gasteiger partial charge in [0, 0.05) is 37.2 Å². The molecule has 2 saturated heterocycles. The Balaban J connectivity index is 1.49. The van der Waals surface area contributed by atoms with Gasteiger partial charge in [0.05, 0.1) is 32.1 Å². The SMILES string of the molecule is COc1cccc([C@@H]2[C@H](N3CCOCC3)CCN2C(=O)Cn2nc3c(c2C(F)(F)F)CC[C@H]3C)c1C. The van der Waals surface area contributed by atoms with E-state index in [2.05, 4.69) is 10.00 Å². The second-order valence-corrected chi connectivity index (χ2v) is 10.0. The van der Waals surface area contributed by atoms with Crippen molar-refractivity contribution in [1.29, 1.82) is 0 Å². The van der Waals surface area contributed by atoms with Gasteiger partial charge in [-0.3, -0.25) is 14.4 Å². The van der Waals surface area contributed by atoms with Crippen LogP contribution in [0.3, 0.4) is 0 Å². The summed E-state index contributed by atoms with van der Waals surface area (Å²) >= 11 is 0. The molecule has 0 bridgehead atoms. The molecule has 3 atom stereocenters. The van der Waals surface area contributed by atoms with E-state index in [1.54, 1.807) is 12.0 Å². The maximum atomic E-state index is 14.1. The molecule has 7 nitrogen and oxygen atoms in total. The Morgan fingerprint density at radius 1 is 1.19 bits per heavy atom. The van der Waals surface area contributed by atoms with Gasteiger partial charge in [0.25, 0.3) is 0 Å². The first kappa shape index (κ1) is 25.1. The van der Waals surface area contributed by atoms with E-state index in [4.69, 9.17) is 9.47 Å². The molecule has 196 valence electrons. The number of likely N-dealkylation sites (tertiary alicyclic amines) is 1. The summed E-state index contributed by atoms with van der Waals surface area (Å²) in [6.45, 7) is 6.67. The minimum Gasteiger partial charge on any atom is -0.496 e. The van der Waals surface area contributed by atoms with Crippen LogP contribution in [0.1, 0.15) is 59.8 Å². The molecule has 0 N–H and O–H groups in total. The number of methoxy groups -OCH3 is 1. The zero-order chi connectivity index (χ0) is 25.6. The molecule has 0 spiro atoms. The number of aromatic nitrogens is 2. The molecule has 3 aliphatic rings. The van der Waals surface area contributed by atoms with Gasteiger partial charge in [0.15, 0.2) is 0 Å². The van der Waals surface area contributed by atoms with Crippen molar-refractivity contribution in [3.05, 3.63) is 46.3 Å². The average Bonchev–Trinajstić information content (AvgIpc) is 3.54. The minimum absolute atomic E-state index is 0.0397. The van der Waals surface area contributed by atoms with Gasteiger partial charge in [0.1, 0.15) is 18.0 Å². The van der Waals surface area contributed by atoms with Crippen molar-refractivity contribution >= 4 is 5.91 Å². The van der Waals surface area contributed by atoms with E-state index in [1.807, 2.05) is 32.0 Å². The number of benzene rings is 1. The summed E-state index contributed by atoms with van der Waals surface area (Å²) in [5.74, 6) is 0.337. The maximum absolute atomic E-state index is 14.1.